The smallest absolute Gasteiger partial charge is 0.336 e. The Morgan fingerprint density at radius 3 is 2.54 bits per heavy atom. The second kappa shape index (κ2) is 5.16. The van der Waals surface area contributed by atoms with Crippen molar-refractivity contribution in [1.29, 1.82) is 0 Å². The monoisotopic (exact) mass is 190 g/mol. The molecule has 0 amide bonds. The minimum Gasteiger partial charge on any atom is -0.479 e. The molecule has 5 heteroatoms. The molecule has 5 nitrogen and oxygen atoms in total. The van der Waals surface area contributed by atoms with E-state index in [-0.39, 0.29) is 6.54 Å². The van der Waals surface area contributed by atoms with Crippen molar-refractivity contribution >= 4 is 5.97 Å². The molecular formula is C8H18N2O3. The quantitative estimate of drug-likeness (QED) is 0.499. The third-order valence-corrected chi connectivity index (χ3v) is 1.78. The fourth-order valence-corrected chi connectivity index (χ4v) is 0.975. The van der Waals surface area contributed by atoms with E-state index in [1.165, 1.54) is 6.92 Å². The van der Waals surface area contributed by atoms with E-state index in [1.807, 2.05) is 7.05 Å². The Morgan fingerprint density at radius 1 is 1.62 bits per heavy atom. The highest BCUT2D eigenvalue weighted by Crippen LogP contribution is 2.04. The Morgan fingerprint density at radius 2 is 2.15 bits per heavy atom. The van der Waals surface area contributed by atoms with Crippen molar-refractivity contribution in [3.05, 3.63) is 0 Å². The summed E-state index contributed by atoms with van der Waals surface area (Å²) in [6.07, 6.45) is 0. The van der Waals surface area contributed by atoms with Crippen LogP contribution < -0.4 is 5.32 Å². The molecule has 78 valence electrons. The van der Waals surface area contributed by atoms with Crippen molar-refractivity contribution in [2.75, 3.05) is 33.7 Å². The number of carboxylic acids is 1. The van der Waals surface area contributed by atoms with E-state index in [0.29, 0.717) is 6.54 Å². The van der Waals surface area contributed by atoms with Gasteiger partial charge in [0.25, 0.3) is 0 Å². The maximum atomic E-state index is 10.5. The minimum absolute atomic E-state index is 0.129. The molecule has 0 radical (unpaired) electrons. The van der Waals surface area contributed by atoms with Gasteiger partial charge in [-0.25, -0.2) is 4.79 Å². The van der Waals surface area contributed by atoms with Gasteiger partial charge in [-0.05, 0) is 21.0 Å². The van der Waals surface area contributed by atoms with Gasteiger partial charge in [-0.2, -0.15) is 0 Å². The van der Waals surface area contributed by atoms with Gasteiger partial charge < -0.3 is 20.4 Å². The van der Waals surface area contributed by atoms with Crippen LogP contribution in [0.2, 0.25) is 0 Å². The number of nitrogens with zero attached hydrogens (tertiary/aromatic N) is 1. The summed E-state index contributed by atoms with van der Waals surface area (Å²) in [6, 6.07) is 0. The van der Waals surface area contributed by atoms with Crippen LogP contribution in [-0.2, 0) is 4.79 Å². The molecule has 1 unspecified atom stereocenters. The number of aliphatic carboxylic acids is 1. The van der Waals surface area contributed by atoms with Crippen LogP contribution in [0.3, 0.4) is 0 Å². The Bertz CT molecular complexity index is 171. The molecule has 0 saturated heterocycles. The fraction of sp³-hybridized carbons (Fsp3) is 0.875. The van der Waals surface area contributed by atoms with Crippen molar-refractivity contribution < 1.29 is 15.0 Å². The van der Waals surface area contributed by atoms with Gasteiger partial charge in [-0.3, -0.25) is 0 Å². The molecule has 0 aromatic rings. The first-order valence-electron chi connectivity index (χ1n) is 4.19. The summed E-state index contributed by atoms with van der Waals surface area (Å²) in [7, 11) is 3.60. The zero-order chi connectivity index (χ0) is 10.5. The van der Waals surface area contributed by atoms with Crippen LogP contribution in [0.5, 0.6) is 0 Å². The number of nitrogens with one attached hydrogen (secondary N) is 1. The van der Waals surface area contributed by atoms with E-state index in [4.69, 9.17) is 5.11 Å². The predicted octanol–water partition coefficient (Wildman–Crippen LogP) is -1.03. The van der Waals surface area contributed by atoms with Gasteiger partial charge in [-0.1, -0.05) is 0 Å². The summed E-state index contributed by atoms with van der Waals surface area (Å²) < 4.78 is 0. The molecule has 0 rings (SSSR count). The van der Waals surface area contributed by atoms with Gasteiger partial charge in [0.05, 0.1) is 0 Å². The standard InChI is InChI=1S/C8H18N2O3/c1-8(13,7(11)12)6-10(3)5-4-9-2/h9,13H,4-6H2,1-3H3,(H,11,12). The van der Waals surface area contributed by atoms with Gasteiger partial charge in [0.2, 0.25) is 0 Å². The fourth-order valence-electron chi connectivity index (χ4n) is 0.975. The van der Waals surface area contributed by atoms with Crippen LogP contribution in [0.4, 0.5) is 0 Å². The molecule has 0 aliphatic rings. The second-order valence-corrected chi connectivity index (χ2v) is 3.42. The van der Waals surface area contributed by atoms with Gasteiger partial charge in [0.1, 0.15) is 0 Å². The summed E-state index contributed by atoms with van der Waals surface area (Å²) in [5.74, 6) is -1.19. The summed E-state index contributed by atoms with van der Waals surface area (Å²) in [6.45, 7) is 2.90. The number of hydrogen-bond donors (Lipinski definition) is 3. The average molecular weight is 190 g/mol. The number of carboxylic acid groups (broad SMARTS) is 1. The second-order valence-electron chi connectivity index (χ2n) is 3.42. The normalized spacial score (nSPS) is 15.8. The Kier molecular flexibility index (Phi) is 4.90. The molecule has 0 aliphatic carbocycles. The average Bonchev–Trinajstić information content (AvgIpc) is 1.99. The van der Waals surface area contributed by atoms with Crippen LogP contribution in [0.25, 0.3) is 0 Å². The summed E-state index contributed by atoms with van der Waals surface area (Å²) in [5.41, 5.74) is -1.66. The highest BCUT2D eigenvalue weighted by Gasteiger charge is 2.30. The predicted molar refractivity (Wildman–Crippen MR) is 49.7 cm³/mol. The molecule has 0 aromatic carbocycles. The summed E-state index contributed by atoms with van der Waals surface area (Å²) in [5, 5.41) is 21.0. The summed E-state index contributed by atoms with van der Waals surface area (Å²) >= 11 is 0. The molecule has 0 aliphatic heterocycles. The third kappa shape index (κ3) is 4.82. The van der Waals surface area contributed by atoms with Crippen molar-refractivity contribution in [3.8, 4) is 0 Å². The van der Waals surface area contributed by atoms with Crippen LogP contribution in [0, 0.1) is 0 Å². The molecule has 0 saturated carbocycles. The molecule has 0 aromatic heterocycles. The Hall–Kier alpha value is -0.650. The molecule has 0 heterocycles. The first kappa shape index (κ1) is 12.3. The van der Waals surface area contributed by atoms with Crippen LogP contribution in [0.15, 0.2) is 0 Å². The van der Waals surface area contributed by atoms with Crippen molar-refractivity contribution in [2.45, 2.75) is 12.5 Å². The van der Waals surface area contributed by atoms with E-state index in [2.05, 4.69) is 5.32 Å². The SMILES string of the molecule is CNCCN(C)CC(C)(O)C(=O)O. The van der Waals surface area contributed by atoms with Crippen LogP contribution in [-0.4, -0.2) is 60.4 Å². The van der Waals surface area contributed by atoms with E-state index in [1.54, 1.807) is 11.9 Å². The number of aliphatic hydroxyl groups is 1. The third-order valence-electron chi connectivity index (χ3n) is 1.78. The molecule has 1 atom stereocenters. The first-order valence-corrected chi connectivity index (χ1v) is 4.19. The molecule has 0 bridgehead atoms. The highest BCUT2D eigenvalue weighted by molar-refractivity contribution is 5.76. The van der Waals surface area contributed by atoms with Gasteiger partial charge in [0, 0.05) is 19.6 Å². The number of carbonyl (C=O) groups is 1. The minimum atomic E-state index is -1.66. The Balaban J connectivity index is 3.89. The van der Waals surface area contributed by atoms with Crippen molar-refractivity contribution in [1.82, 2.24) is 10.2 Å². The Labute approximate surface area is 78.4 Å². The number of hydrogen-bond acceptors (Lipinski definition) is 4. The maximum Gasteiger partial charge on any atom is 0.336 e. The van der Waals surface area contributed by atoms with Crippen LogP contribution >= 0.6 is 0 Å². The largest absolute Gasteiger partial charge is 0.479 e. The summed E-state index contributed by atoms with van der Waals surface area (Å²) in [4.78, 5) is 12.3. The maximum absolute atomic E-state index is 10.5. The lowest BCUT2D eigenvalue weighted by atomic mass is 10.1. The number of rotatable bonds is 6. The zero-order valence-corrected chi connectivity index (χ0v) is 8.37. The van der Waals surface area contributed by atoms with E-state index in [9.17, 15) is 9.90 Å². The topological polar surface area (TPSA) is 72.8 Å². The highest BCUT2D eigenvalue weighted by atomic mass is 16.4. The number of likely N-dealkylation sites (N-methyl/N-ethyl adjacent to an activating group) is 2. The van der Waals surface area contributed by atoms with E-state index < -0.39 is 11.6 Å². The first-order chi connectivity index (χ1) is 5.90. The molecule has 3 N–H and O–H groups in total. The molecule has 13 heavy (non-hydrogen) atoms. The molecular weight excluding hydrogens is 172 g/mol. The van der Waals surface area contributed by atoms with Crippen molar-refractivity contribution in [3.63, 3.8) is 0 Å². The lowest BCUT2D eigenvalue weighted by Gasteiger charge is -2.25. The van der Waals surface area contributed by atoms with Crippen LogP contribution in [0.1, 0.15) is 6.92 Å². The van der Waals surface area contributed by atoms with Crippen molar-refractivity contribution in [2.24, 2.45) is 0 Å². The van der Waals surface area contributed by atoms with Gasteiger partial charge in [0.15, 0.2) is 5.60 Å². The zero-order valence-electron chi connectivity index (χ0n) is 8.37. The van der Waals surface area contributed by atoms with E-state index in [0.717, 1.165) is 6.54 Å². The lowest BCUT2D eigenvalue weighted by molar-refractivity contribution is -0.158. The van der Waals surface area contributed by atoms with E-state index >= 15 is 0 Å². The lowest BCUT2D eigenvalue weighted by Crippen LogP contribution is -2.46. The van der Waals surface area contributed by atoms with Gasteiger partial charge in [-0.15, -0.1) is 0 Å². The molecule has 0 spiro atoms. The molecule has 0 fully saturated rings. The van der Waals surface area contributed by atoms with Gasteiger partial charge >= 0.3 is 5.97 Å².